The number of aromatic amines is 1. The number of carbonyl (C=O) groups excluding carboxylic acids is 4. The third kappa shape index (κ3) is 11.8. The highest BCUT2D eigenvalue weighted by atomic mass is 32.2. The second kappa shape index (κ2) is 17.6. The van der Waals surface area contributed by atoms with Gasteiger partial charge in [-0.05, 0) is 49.3 Å². The van der Waals surface area contributed by atoms with Crippen molar-refractivity contribution in [2.45, 2.75) is 62.7 Å². The first kappa shape index (κ1) is 34.9. The molecule has 1 heterocycles. The summed E-state index contributed by atoms with van der Waals surface area (Å²) in [5.74, 6) is -3.61. The van der Waals surface area contributed by atoms with Gasteiger partial charge in [0.25, 0.3) is 0 Å². The van der Waals surface area contributed by atoms with E-state index in [1.54, 1.807) is 6.20 Å². The van der Waals surface area contributed by atoms with E-state index < -0.39 is 53.8 Å². The predicted octanol–water partition coefficient (Wildman–Crippen LogP) is -1.35. The van der Waals surface area contributed by atoms with Gasteiger partial charge in [-0.15, -0.1) is 0 Å². The summed E-state index contributed by atoms with van der Waals surface area (Å²) in [6.07, 6.45) is 3.89. The second-order valence-electron chi connectivity index (χ2n) is 9.93. The highest BCUT2D eigenvalue weighted by Gasteiger charge is 2.31. The Balaban J connectivity index is 2.31. The molecule has 43 heavy (non-hydrogen) atoms. The molecular formula is C27H41N9O6S. The van der Waals surface area contributed by atoms with E-state index in [0.717, 1.165) is 16.5 Å². The van der Waals surface area contributed by atoms with Gasteiger partial charge in [0.15, 0.2) is 5.96 Å². The third-order valence-electron chi connectivity index (χ3n) is 6.57. The quantitative estimate of drug-likeness (QED) is 0.0506. The van der Waals surface area contributed by atoms with Gasteiger partial charge in [-0.1, -0.05) is 18.2 Å². The molecule has 0 fully saturated rings. The Bertz CT molecular complexity index is 1300. The summed E-state index contributed by atoms with van der Waals surface area (Å²) in [6, 6.07) is 2.84. The first-order chi connectivity index (χ1) is 20.4. The maximum atomic E-state index is 13.7. The van der Waals surface area contributed by atoms with Gasteiger partial charge in [0, 0.05) is 36.5 Å². The van der Waals surface area contributed by atoms with Gasteiger partial charge >= 0.3 is 5.97 Å². The van der Waals surface area contributed by atoms with Crippen molar-refractivity contribution in [3.63, 3.8) is 0 Å². The molecule has 1 aromatic carbocycles. The van der Waals surface area contributed by atoms with Crippen LogP contribution in [0.2, 0.25) is 0 Å². The average Bonchev–Trinajstić information content (AvgIpc) is 3.37. The van der Waals surface area contributed by atoms with Crippen LogP contribution >= 0.6 is 11.8 Å². The number of benzene rings is 1. The van der Waals surface area contributed by atoms with Gasteiger partial charge in [0.2, 0.25) is 23.6 Å². The number of hydrogen-bond donors (Lipinski definition) is 9. The fourth-order valence-electron chi connectivity index (χ4n) is 4.25. The highest BCUT2D eigenvalue weighted by Crippen LogP contribution is 2.19. The van der Waals surface area contributed by atoms with Crippen LogP contribution in [0.5, 0.6) is 0 Å². The number of rotatable bonds is 19. The van der Waals surface area contributed by atoms with Crippen molar-refractivity contribution in [3.05, 3.63) is 36.0 Å². The number of para-hydroxylation sites is 1. The van der Waals surface area contributed by atoms with Gasteiger partial charge in [-0.25, -0.2) is 4.79 Å². The van der Waals surface area contributed by atoms with Crippen LogP contribution in [0.1, 0.15) is 37.7 Å². The minimum atomic E-state index is -1.42. The van der Waals surface area contributed by atoms with Crippen LogP contribution in [0, 0.1) is 0 Å². The lowest BCUT2D eigenvalue weighted by atomic mass is 10.0. The number of nitrogens with two attached hydrogens (primary N) is 4. The van der Waals surface area contributed by atoms with E-state index in [4.69, 9.17) is 22.9 Å². The van der Waals surface area contributed by atoms with Gasteiger partial charge in [0.05, 0.1) is 6.04 Å². The normalized spacial score (nSPS) is 13.7. The van der Waals surface area contributed by atoms with Crippen LogP contribution in [0.25, 0.3) is 10.9 Å². The molecule has 0 bridgehead atoms. The monoisotopic (exact) mass is 619 g/mol. The van der Waals surface area contributed by atoms with Crippen LogP contribution in [-0.4, -0.2) is 88.4 Å². The number of aliphatic carboxylic acids is 1. The van der Waals surface area contributed by atoms with Crippen LogP contribution in [0.3, 0.4) is 0 Å². The molecule has 236 valence electrons. The number of guanidine groups is 1. The molecule has 0 spiro atoms. The van der Waals surface area contributed by atoms with Gasteiger partial charge in [-0.3, -0.25) is 24.2 Å². The largest absolute Gasteiger partial charge is 0.480 e. The summed E-state index contributed by atoms with van der Waals surface area (Å²) in [4.78, 5) is 69.7. The maximum absolute atomic E-state index is 13.7. The fraction of sp³-hybridized carbons (Fsp3) is 0.481. The average molecular weight is 620 g/mol. The molecule has 2 rings (SSSR count). The molecule has 4 amide bonds. The number of primary amides is 1. The third-order valence-corrected chi connectivity index (χ3v) is 7.22. The van der Waals surface area contributed by atoms with Crippen molar-refractivity contribution in [1.82, 2.24) is 20.9 Å². The molecule has 0 saturated heterocycles. The SMILES string of the molecule is CSCCC(N)C(=O)NC(Cc1c[nH]c2ccccc12)C(=O)NC(CCCN=C(N)N)C(=O)NC(CCC(N)=O)C(=O)O. The molecule has 0 aliphatic carbocycles. The van der Waals surface area contributed by atoms with Crippen LogP contribution < -0.4 is 38.9 Å². The van der Waals surface area contributed by atoms with E-state index >= 15 is 0 Å². The van der Waals surface area contributed by atoms with Gasteiger partial charge < -0.3 is 49.0 Å². The molecule has 4 unspecified atom stereocenters. The second-order valence-corrected chi connectivity index (χ2v) is 10.9. The van der Waals surface area contributed by atoms with Crippen molar-refractivity contribution in [2.24, 2.45) is 27.9 Å². The number of carboxylic acids is 1. The van der Waals surface area contributed by atoms with Crippen molar-refractivity contribution in [1.29, 1.82) is 0 Å². The summed E-state index contributed by atoms with van der Waals surface area (Å²) in [6.45, 7) is 0.145. The van der Waals surface area contributed by atoms with Crippen molar-refractivity contribution in [2.75, 3.05) is 18.6 Å². The Morgan fingerprint density at radius 1 is 0.930 bits per heavy atom. The van der Waals surface area contributed by atoms with E-state index in [0.29, 0.717) is 12.2 Å². The first-order valence-electron chi connectivity index (χ1n) is 13.7. The zero-order valence-electron chi connectivity index (χ0n) is 24.0. The topological polar surface area (TPSA) is 274 Å². The molecule has 15 nitrogen and oxygen atoms in total. The van der Waals surface area contributed by atoms with Crippen LogP contribution in [-0.2, 0) is 30.4 Å². The molecule has 2 aromatic rings. The number of H-pyrrole nitrogens is 1. The minimum Gasteiger partial charge on any atom is -0.480 e. The molecule has 0 aliphatic rings. The van der Waals surface area contributed by atoms with Crippen LogP contribution in [0.4, 0.5) is 0 Å². The Labute approximate surface area is 253 Å². The Morgan fingerprint density at radius 2 is 1.58 bits per heavy atom. The van der Waals surface area contributed by atoms with Crippen molar-refractivity contribution in [3.8, 4) is 0 Å². The number of aromatic nitrogens is 1. The van der Waals surface area contributed by atoms with Gasteiger partial charge in [0.1, 0.15) is 18.1 Å². The van der Waals surface area contributed by atoms with Crippen molar-refractivity contribution < 1.29 is 29.1 Å². The molecule has 0 saturated carbocycles. The molecular weight excluding hydrogens is 578 g/mol. The van der Waals surface area contributed by atoms with E-state index in [1.165, 1.54) is 11.8 Å². The summed E-state index contributed by atoms with van der Waals surface area (Å²) in [5, 5.41) is 18.1. The number of nitrogens with zero attached hydrogens (tertiary/aromatic N) is 1. The number of fused-ring (bicyclic) bond motifs is 1. The van der Waals surface area contributed by atoms with E-state index in [-0.39, 0.29) is 44.6 Å². The number of nitrogens with one attached hydrogen (secondary N) is 4. The van der Waals surface area contributed by atoms with E-state index in [9.17, 15) is 29.1 Å². The first-order valence-corrected chi connectivity index (χ1v) is 15.1. The number of aliphatic imine (C=N–C) groups is 1. The molecule has 0 aliphatic heterocycles. The van der Waals surface area contributed by atoms with E-state index in [2.05, 4.69) is 25.9 Å². The molecule has 16 heteroatoms. The Hall–Kier alpha value is -4.31. The zero-order chi connectivity index (χ0) is 31.9. The lowest BCUT2D eigenvalue weighted by molar-refractivity contribution is -0.142. The maximum Gasteiger partial charge on any atom is 0.326 e. The smallest absolute Gasteiger partial charge is 0.326 e. The predicted molar refractivity (Wildman–Crippen MR) is 165 cm³/mol. The Morgan fingerprint density at radius 3 is 2.23 bits per heavy atom. The molecule has 4 atom stereocenters. The minimum absolute atomic E-state index is 0.0392. The standard InChI is InChI=1S/C27H41N9O6S/c1-43-12-10-17(28)23(38)36-21(13-15-14-33-18-6-3-2-5-16(15)18)25(40)34-19(7-4-11-32-27(30)31)24(39)35-20(26(41)42)8-9-22(29)37/h2-3,5-6,14,17,19-21,33H,4,7-13,28H2,1H3,(H2,29,37)(H,34,40)(H,35,39)(H,36,38)(H,41,42)(H4,30,31,32). The zero-order valence-corrected chi connectivity index (χ0v) is 24.8. The Kier molecular flexibility index (Phi) is 14.3. The lowest BCUT2D eigenvalue weighted by Crippen LogP contribution is -2.57. The molecule has 1 aromatic heterocycles. The van der Waals surface area contributed by atoms with Crippen LogP contribution in [0.15, 0.2) is 35.5 Å². The lowest BCUT2D eigenvalue weighted by Gasteiger charge is -2.25. The van der Waals surface area contributed by atoms with E-state index in [1.807, 2.05) is 30.5 Å². The number of hydrogen-bond acceptors (Lipinski definition) is 8. The molecule has 0 radical (unpaired) electrons. The summed E-state index contributed by atoms with van der Waals surface area (Å²) < 4.78 is 0. The summed E-state index contributed by atoms with van der Waals surface area (Å²) in [7, 11) is 0. The van der Waals surface area contributed by atoms with Crippen molar-refractivity contribution >= 4 is 58.2 Å². The van der Waals surface area contributed by atoms with Gasteiger partial charge in [-0.2, -0.15) is 11.8 Å². The molecule has 13 N–H and O–H groups in total. The number of amides is 4. The summed E-state index contributed by atoms with van der Waals surface area (Å²) in [5.41, 5.74) is 23.5. The summed E-state index contributed by atoms with van der Waals surface area (Å²) >= 11 is 1.53. The number of carboxylic acid groups (broad SMARTS) is 1. The number of thioether (sulfide) groups is 1. The highest BCUT2D eigenvalue weighted by molar-refractivity contribution is 7.98. The fourth-order valence-corrected chi connectivity index (χ4v) is 4.73. The number of carbonyl (C=O) groups is 5.